The molecule has 2 rings (SSSR count). The molecule has 0 radical (unpaired) electrons. The summed E-state index contributed by atoms with van der Waals surface area (Å²) in [7, 11) is 4.89. The number of rotatable bonds is 5. The number of benzene rings is 1. The van der Waals surface area contributed by atoms with Gasteiger partial charge in [-0.2, -0.15) is 0 Å². The van der Waals surface area contributed by atoms with Gasteiger partial charge in [-0.05, 0) is 26.5 Å². The van der Waals surface area contributed by atoms with Crippen molar-refractivity contribution in [3.05, 3.63) is 23.5 Å². The first-order valence-electron chi connectivity index (χ1n) is 6.82. The lowest BCUT2D eigenvalue weighted by Gasteiger charge is -2.27. The van der Waals surface area contributed by atoms with E-state index in [2.05, 4.69) is 5.32 Å². The number of hydrogen-bond acceptors (Lipinski definition) is 4. The molecule has 0 bridgehead atoms. The van der Waals surface area contributed by atoms with Gasteiger partial charge in [-0.3, -0.25) is 0 Å². The average Bonchev–Trinajstić information content (AvgIpc) is 2.87. The van der Waals surface area contributed by atoms with Crippen LogP contribution in [0.5, 0.6) is 11.5 Å². The maximum absolute atomic E-state index is 14.4. The van der Waals surface area contributed by atoms with E-state index in [1.807, 2.05) is 14.0 Å². The molecule has 1 aliphatic heterocycles. The van der Waals surface area contributed by atoms with Crippen molar-refractivity contribution in [2.45, 2.75) is 25.5 Å². The summed E-state index contributed by atoms with van der Waals surface area (Å²) in [6.45, 7) is 2.75. The fraction of sp³-hybridized carbons (Fsp3) is 0.600. The summed E-state index contributed by atoms with van der Waals surface area (Å²) >= 11 is 0. The predicted molar refractivity (Wildman–Crippen MR) is 74.8 cm³/mol. The van der Waals surface area contributed by atoms with Crippen LogP contribution in [-0.2, 0) is 4.74 Å². The zero-order valence-corrected chi connectivity index (χ0v) is 12.4. The van der Waals surface area contributed by atoms with Crippen molar-refractivity contribution in [1.82, 2.24) is 5.32 Å². The second-order valence-electron chi connectivity index (χ2n) is 5.02. The lowest BCUT2D eigenvalue weighted by molar-refractivity contribution is 0.0958. The number of ether oxygens (including phenoxy) is 3. The highest BCUT2D eigenvalue weighted by molar-refractivity contribution is 5.45. The van der Waals surface area contributed by atoms with Crippen LogP contribution in [0.1, 0.15) is 24.9 Å². The molecule has 1 aromatic carbocycles. The van der Waals surface area contributed by atoms with E-state index in [1.54, 1.807) is 13.2 Å². The minimum absolute atomic E-state index is 0.104. The third-order valence-corrected chi connectivity index (χ3v) is 4.01. The molecule has 1 heterocycles. The molecular weight excluding hydrogens is 261 g/mol. The molecule has 5 heteroatoms. The standard InChI is InChI=1S/C15H22FNO3/c1-9-10(5-6-20-9)15(17-2)11-7-13(18-3)14(19-4)8-12(11)16/h7-10,15,17H,5-6H2,1-4H3. The highest BCUT2D eigenvalue weighted by Crippen LogP contribution is 2.38. The molecule has 0 saturated carbocycles. The fourth-order valence-electron chi connectivity index (χ4n) is 2.89. The minimum Gasteiger partial charge on any atom is -0.493 e. The van der Waals surface area contributed by atoms with Crippen LogP contribution in [0.3, 0.4) is 0 Å². The summed E-state index contributed by atoms with van der Waals surface area (Å²) in [6.07, 6.45) is 1.03. The SMILES string of the molecule is CNC(c1cc(OC)c(OC)cc1F)C1CCOC1C. The molecule has 1 saturated heterocycles. The number of methoxy groups -OCH3 is 2. The number of hydrogen-bond donors (Lipinski definition) is 1. The Balaban J connectivity index is 2.38. The molecule has 20 heavy (non-hydrogen) atoms. The molecule has 0 spiro atoms. The zero-order chi connectivity index (χ0) is 14.7. The van der Waals surface area contributed by atoms with Gasteiger partial charge in [-0.15, -0.1) is 0 Å². The van der Waals surface area contributed by atoms with Crippen LogP contribution in [-0.4, -0.2) is 34.0 Å². The van der Waals surface area contributed by atoms with Crippen molar-refractivity contribution in [1.29, 1.82) is 0 Å². The van der Waals surface area contributed by atoms with Gasteiger partial charge in [0.2, 0.25) is 0 Å². The van der Waals surface area contributed by atoms with E-state index < -0.39 is 0 Å². The van der Waals surface area contributed by atoms with Gasteiger partial charge in [0, 0.05) is 30.2 Å². The van der Waals surface area contributed by atoms with Crippen LogP contribution in [0.4, 0.5) is 4.39 Å². The molecule has 0 amide bonds. The van der Waals surface area contributed by atoms with Gasteiger partial charge in [0.1, 0.15) is 5.82 Å². The van der Waals surface area contributed by atoms with Gasteiger partial charge in [0.15, 0.2) is 11.5 Å². The molecule has 3 atom stereocenters. The number of nitrogens with one attached hydrogen (secondary N) is 1. The lowest BCUT2D eigenvalue weighted by atomic mass is 9.88. The largest absolute Gasteiger partial charge is 0.493 e. The van der Waals surface area contributed by atoms with E-state index in [0.717, 1.165) is 13.0 Å². The summed E-state index contributed by atoms with van der Waals surface area (Å²) in [5, 5.41) is 3.20. The Labute approximate surface area is 119 Å². The van der Waals surface area contributed by atoms with Gasteiger partial charge in [0.05, 0.1) is 20.3 Å². The second kappa shape index (κ2) is 6.41. The second-order valence-corrected chi connectivity index (χ2v) is 5.02. The van der Waals surface area contributed by atoms with Gasteiger partial charge in [-0.25, -0.2) is 4.39 Å². The first-order valence-corrected chi connectivity index (χ1v) is 6.82. The fourth-order valence-corrected chi connectivity index (χ4v) is 2.89. The summed E-state index contributed by atoms with van der Waals surface area (Å²) in [4.78, 5) is 0. The van der Waals surface area contributed by atoms with Crippen LogP contribution in [0.25, 0.3) is 0 Å². The first kappa shape index (κ1) is 15.1. The van der Waals surface area contributed by atoms with E-state index in [4.69, 9.17) is 14.2 Å². The highest BCUT2D eigenvalue weighted by atomic mass is 19.1. The topological polar surface area (TPSA) is 39.7 Å². The summed E-state index contributed by atoms with van der Waals surface area (Å²) < 4.78 is 30.3. The van der Waals surface area contributed by atoms with Crippen molar-refractivity contribution in [3.63, 3.8) is 0 Å². The van der Waals surface area contributed by atoms with E-state index in [-0.39, 0.29) is 23.9 Å². The zero-order valence-electron chi connectivity index (χ0n) is 12.4. The molecule has 1 fully saturated rings. The Morgan fingerprint density at radius 1 is 1.30 bits per heavy atom. The van der Waals surface area contributed by atoms with Crippen molar-refractivity contribution in [3.8, 4) is 11.5 Å². The van der Waals surface area contributed by atoms with Gasteiger partial charge in [-0.1, -0.05) is 0 Å². The highest BCUT2D eigenvalue weighted by Gasteiger charge is 2.34. The van der Waals surface area contributed by atoms with Crippen LogP contribution < -0.4 is 14.8 Å². The Hall–Kier alpha value is -1.33. The van der Waals surface area contributed by atoms with Crippen molar-refractivity contribution in [2.75, 3.05) is 27.9 Å². The van der Waals surface area contributed by atoms with Crippen molar-refractivity contribution in [2.24, 2.45) is 5.92 Å². The van der Waals surface area contributed by atoms with Gasteiger partial charge < -0.3 is 19.5 Å². The van der Waals surface area contributed by atoms with Crippen LogP contribution in [0, 0.1) is 11.7 Å². The Morgan fingerprint density at radius 3 is 2.45 bits per heavy atom. The van der Waals surface area contributed by atoms with Crippen molar-refractivity contribution >= 4 is 0 Å². The van der Waals surface area contributed by atoms with Crippen LogP contribution in [0.15, 0.2) is 12.1 Å². The molecule has 0 aliphatic carbocycles. The molecular formula is C15H22FNO3. The van der Waals surface area contributed by atoms with Gasteiger partial charge in [0.25, 0.3) is 0 Å². The molecule has 4 nitrogen and oxygen atoms in total. The Bertz CT molecular complexity index is 467. The van der Waals surface area contributed by atoms with Crippen LogP contribution >= 0.6 is 0 Å². The quantitative estimate of drug-likeness (QED) is 0.901. The summed E-state index contributed by atoms with van der Waals surface area (Å²) in [5.41, 5.74) is 0.590. The molecule has 0 aromatic heterocycles. The minimum atomic E-state index is -0.291. The molecule has 1 aromatic rings. The predicted octanol–water partition coefficient (Wildman–Crippen LogP) is 2.53. The van der Waals surface area contributed by atoms with E-state index >= 15 is 0 Å². The average molecular weight is 283 g/mol. The molecule has 1 N–H and O–H groups in total. The first-order chi connectivity index (χ1) is 9.62. The third-order valence-electron chi connectivity index (χ3n) is 4.01. The molecule has 1 aliphatic rings. The third kappa shape index (κ3) is 2.74. The van der Waals surface area contributed by atoms with E-state index in [0.29, 0.717) is 17.1 Å². The summed E-state index contributed by atoms with van der Waals surface area (Å²) in [6, 6.07) is 2.98. The molecule has 112 valence electrons. The Morgan fingerprint density at radius 2 is 1.95 bits per heavy atom. The van der Waals surface area contributed by atoms with Crippen LogP contribution in [0.2, 0.25) is 0 Å². The van der Waals surface area contributed by atoms with E-state index in [9.17, 15) is 4.39 Å². The Kier molecular flexibility index (Phi) is 4.83. The maximum atomic E-state index is 14.4. The molecule has 3 unspecified atom stereocenters. The van der Waals surface area contributed by atoms with E-state index in [1.165, 1.54) is 13.2 Å². The maximum Gasteiger partial charge on any atom is 0.163 e. The number of halogens is 1. The van der Waals surface area contributed by atoms with Gasteiger partial charge >= 0.3 is 0 Å². The monoisotopic (exact) mass is 283 g/mol. The smallest absolute Gasteiger partial charge is 0.163 e. The lowest BCUT2D eigenvalue weighted by Crippen LogP contribution is -2.30. The normalized spacial score (nSPS) is 23.6. The van der Waals surface area contributed by atoms with Crippen molar-refractivity contribution < 1.29 is 18.6 Å². The summed E-state index contributed by atoms with van der Waals surface area (Å²) in [5.74, 6) is 0.892.